The lowest BCUT2D eigenvalue weighted by atomic mass is 9.73. The molecule has 2 aromatic rings. The maximum Gasteiger partial charge on any atom is 0.147 e. The number of hydrogen-bond acceptors (Lipinski definition) is 0. The van der Waals surface area contributed by atoms with Gasteiger partial charge >= 0.3 is 0 Å². The van der Waals surface area contributed by atoms with Crippen molar-refractivity contribution in [3.63, 3.8) is 0 Å². The first-order valence-corrected chi connectivity index (χ1v) is 10.5. The molecule has 1 heterocycles. The van der Waals surface area contributed by atoms with Gasteiger partial charge in [-0.2, -0.15) is 0 Å². The van der Waals surface area contributed by atoms with Gasteiger partial charge in [0.15, 0.2) is 0 Å². The summed E-state index contributed by atoms with van der Waals surface area (Å²) in [5, 5.41) is 1.03. The minimum absolute atomic E-state index is 0.161. The average molecular weight is 378 g/mol. The van der Waals surface area contributed by atoms with Gasteiger partial charge in [0.2, 0.25) is 0 Å². The third kappa shape index (κ3) is 4.22. The van der Waals surface area contributed by atoms with Crippen molar-refractivity contribution in [2.45, 2.75) is 59.3 Å². The Morgan fingerprint density at radius 1 is 1.32 bits per heavy atom. The second kappa shape index (κ2) is 9.23. The molecule has 28 heavy (non-hydrogen) atoms. The van der Waals surface area contributed by atoms with Gasteiger partial charge in [0, 0.05) is 17.5 Å². The minimum atomic E-state index is -0.161. The summed E-state index contributed by atoms with van der Waals surface area (Å²) in [5.41, 5.74) is 5.67. The van der Waals surface area contributed by atoms with Gasteiger partial charge in [-0.15, -0.1) is 0 Å². The number of hydrogen-bond donors (Lipinski definition) is 1. The Labute approximate surface area is 168 Å². The van der Waals surface area contributed by atoms with Crippen LogP contribution in [0.2, 0.25) is 0 Å². The lowest BCUT2D eigenvalue weighted by molar-refractivity contribution is 0.479. The molecule has 2 atom stereocenters. The molecular formula is C26H32FN. The molecular weight excluding hydrogens is 345 g/mol. The number of nitrogens with one attached hydrogen (secondary N) is 1. The van der Waals surface area contributed by atoms with Gasteiger partial charge in [-0.3, -0.25) is 0 Å². The lowest BCUT2D eigenvalue weighted by Gasteiger charge is -2.31. The van der Waals surface area contributed by atoms with Gasteiger partial charge in [-0.1, -0.05) is 60.9 Å². The summed E-state index contributed by atoms with van der Waals surface area (Å²) >= 11 is 0. The van der Waals surface area contributed by atoms with Crippen LogP contribution in [0.1, 0.15) is 63.5 Å². The number of rotatable bonds is 7. The maximum absolute atomic E-state index is 14.6. The standard InChI is InChI=1S/C26H32FN/c1-5-7-12-19(4)21(11-6-2)25(20-13-9-8-10-14-20)23-17-28-26-22(23)15-18(3)16-24(26)27/h5,7-9,12-13,15-17,21,25,28H,6,10-11,14H2,1-4H3/b7-5-,19-12+/t21-,25?/m1/s1. The minimum Gasteiger partial charge on any atom is -0.358 e. The number of benzene rings is 1. The molecule has 1 aliphatic carbocycles. The van der Waals surface area contributed by atoms with E-state index in [1.54, 1.807) is 6.07 Å². The van der Waals surface area contributed by atoms with Crippen LogP contribution in [0, 0.1) is 18.7 Å². The Balaban J connectivity index is 2.19. The van der Waals surface area contributed by atoms with Gasteiger partial charge in [0.1, 0.15) is 5.82 Å². The fourth-order valence-corrected chi connectivity index (χ4v) is 4.50. The van der Waals surface area contributed by atoms with Crippen LogP contribution in [0.5, 0.6) is 0 Å². The Kier molecular flexibility index (Phi) is 6.72. The Bertz CT molecular complexity index is 939. The normalized spacial score (nSPS) is 17.3. The molecule has 1 unspecified atom stereocenters. The molecule has 0 bridgehead atoms. The quantitative estimate of drug-likeness (QED) is 0.472. The number of aromatic amines is 1. The van der Waals surface area contributed by atoms with Gasteiger partial charge in [-0.25, -0.2) is 4.39 Å². The fraction of sp³-hybridized carbons (Fsp3) is 0.385. The van der Waals surface area contributed by atoms with E-state index >= 15 is 0 Å². The molecule has 3 rings (SSSR count). The molecule has 148 valence electrons. The third-order valence-electron chi connectivity index (χ3n) is 5.84. The van der Waals surface area contributed by atoms with Crippen molar-refractivity contribution >= 4 is 10.9 Å². The molecule has 0 amide bonds. The molecule has 0 aliphatic heterocycles. The van der Waals surface area contributed by atoms with E-state index in [9.17, 15) is 4.39 Å². The molecule has 0 spiro atoms. The van der Waals surface area contributed by atoms with E-state index in [0.29, 0.717) is 11.4 Å². The van der Waals surface area contributed by atoms with Crippen molar-refractivity contribution in [3.05, 3.63) is 82.9 Å². The number of H-pyrrole nitrogens is 1. The smallest absolute Gasteiger partial charge is 0.147 e. The highest BCUT2D eigenvalue weighted by molar-refractivity contribution is 5.85. The van der Waals surface area contributed by atoms with E-state index in [1.807, 2.05) is 13.1 Å². The summed E-state index contributed by atoms with van der Waals surface area (Å²) < 4.78 is 14.6. The van der Waals surface area contributed by atoms with Crippen LogP contribution in [0.3, 0.4) is 0 Å². The highest BCUT2D eigenvalue weighted by atomic mass is 19.1. The number of aryl methyl sites for hydroxylation is 1. The molecule has 2 heteroatoms. The van der Waals surface area contributed by atoms with Crippen molar-refractivity contribution in [2.24, 2.45) is 5.92 Å². The predicted octanol–water partition coefficient (Wildman–Crippen LogP) is 7.91. The van der Waals surface area contributed by atoms with E-state index in [2.05, 4.69) is 68.3 Å². The van der Waals surface area contributed by atoms with Gasteiger partial charge in [0.05, 0.1) is 5.52 Å². The second-order valence-corrected chi connectivity index (χ2v) is 7.93. The third-order valence-corrected chi connectivity index (χ3v) is 5.84. The van der Waals surface area contributed by atoms with Crippen LogP contribution in [0.4, 0.5) is 4.39 Å². The zero-order valence-corrected chi connectivity index (χ0v) is 17.6. The summed E-state index contributed by atoms with van der Waals surface area (Å²) in [6.45, 7) is 8.52. The van der Waals surface area contributed by atoms with Crippen LogP contribution >= 0.6 is 0 Å². The first-order chi connectivity index (χ1) is 13.6. The van der Waals surface area contributed by atoms with Crippen LogP contribution in [-0.2, 0) is 0 Å². The van der Waals surface area contributed by atoms with E-state index in [1.165, 1.54) is 16.7 Å². The fourth-order valence-electron chi connectivity index (χ4n) is 4.50. The first kappa shape index (κ1) is 20.4. The Morgan fingerprint density at radius 3 is 2.82 bits per heavy atom. The summed E-state index contributed by atoms with van der Waals surface area (Å²) in [6.07, 6.45) is 19.6. The van der Waals surface area contributed by atoms with Crippen molar-refractivity contribution < 1.29 is 4.39 Å². The summed E-state index contributed by atoms with van der Waals surface area (Å²) in [7, 11) is 0. The molecule has 0 radical (unpaired) electrons. The molecule has 1 N–H and O–H groups in total. The Morgan fingerprint density at radius 2 is 2.14 bits per heavy atom. The second-order valence-electron chi connectivity index (χ2n) is 7.93. The van der Waals surface area contributed by atoms with Crippen molar-refractivity contribution in [3.8, 4) is 0 Å². The van der Waals surface area contributed by atoms with Gasteiger partial charge in [-0.05, 0) is 69.2 Å². The van der Waals surface area contributed by atoms with Gasteiger partial charge < -0.3 is 4.98 Å². The van der Waals surface area contributed by atoms with Crippen LogP contribution < -0.4 is 0 Å². The van der Waals surface area contributed by atoms with E-state index < -0.39 is 0 Å². The number of halogens is 1. The monoisotopic (exact) mass is 377 g/mol. The van der Waals surface area contributed by atoms with E-state index in [0.717, 1.165) is 36.6 Å². The van der Waals surface area contributed by atoms with Crippen LogP contribution in [0.25, 0.3) is 10.9 Å². The summed E-state index contributed by atoms with van der Waals surface area (Å²) in [5.74, 6) is 0.508. The lowest BCUT2D eigenvalue weighted by Crippen LogP contribution is -2.17. The molecule has 0 saturated heterocycles. The highest BCUT2D eigenvalue weighted by Crippen LogP contribution is 2.44. The summed E-state index contributed by atoms with van der Waals surface area (Å²) in [6, 6.07) is 3.74. The molecule has 1 aromatic carbocycles. The van der Waals surface area contributed by atoms with E-state index in [-0.39, 0.29) is 11.7 Å². The average Bonchev–Trinajstić information content (AvgIpc) is 3.10. The largest absolute Gasteiger partial charge is 0.358 e. The summed E-state index contributed by atoms with van der Waals surface area (Å²) in [4.78, 5) is 3.23. The number of fused-ring (bicyclic) bond motifs is 1. The topological polar surface area (TPSA) is 15.8 Å². The van der Waals surface area contributed by atoms with E-state index in [4.69, 9.17) is 0 Å². The number of allylic oxidation sites excluding steroid dienone is 8. The zero-order chi connectivity index (χ0) is 20.1. The van der Waals surface area contributed by atoms with Gasteiger partial charge in [0.25, 0.3) is 0 Å². The molecule has 0 fully saturated rings. The molecule has 1 aromatic heterocycles. The Hall–Kier alpha value is -2.35. The molecule has 0 saturated carbocycles. The SMILES string of the molecule is C/C=C\C=C(/C)[C@@H](CCC)C(C1=CC=CCC1)c1c[nH]c2c(F)cc(C)cc12. The molecule has 1 nitrogen and oxygen atoms in total. The van der Waals surface area contributed by atoms with Crippen LogP contribution in [0.15, 0.2) is 65.9 Å². The maximum atomic E-state index is 14.6. The van der Waals surface area contributed by atoms with Crippen LogP contribution in [-0.4, -0.2) is 4.98 Å². The van der Waals surface area contributed by atoms with Crippen molar-refractivity contribution in [2.75, 3.05) is 0 Å². The first-order valence-electron chi connectivity index (χ1n) is 10.5. The molecule has 1 aliphatic rings. The zero-order valence-electron chi connectivity index (χ0n) is 17.6. The number of aromatic nitrogens is 1. The predicted molar refractivity (Wildman–Crippen MR) is 119 cm³/mol. The van der Waals surface area contributed by atoms with Crippen molar-refractivity contribution in [1.82, 2.24) is 4.98 Å². The van der Waals surface area contributed by atoms with Crippen molar-refractivity contribution in [1.29, 1.82) is 0 Å². The highest BCUT2D eigenvalue weighted by Gasteiger charge is 2.30.